The van der Waals surface area contributed by atoms with Gasteiger partial charge in [-0.2, -0.15) is 0 Å². The van der Waals surface area contributed by atoms with Gasteiger partial charge in [0.15, 0.2) is 0 Å². The first-order chi connectivity index (χ1) is 17.9. The van der Waals surface area contributed by atoms with Gasteiger partial charge in [-0.15, -0.1) is 0 Å². The molecular formula is C31H21N. The minimum absolute atomic E-state index is 0.178. The van der Waals surface area contributed by atoms with Gasteiger partial charge in [-0.1, -0.05) is 84.8 Å². The Balaban J connectivity index is 1.44. The van der Waals surface area contributed by atoms with E-state index in [9.17, 15) is 0 Å². The Labute approximate surface area is 194 Å². The maximum Gasteiger partial charge on any atom is 0.0629 e. The molecule has 0 bridgehead atoms. The molecule has 1 heteroatoms. The van der Waals surface area contributed by atoms with Crippen molar-refractivity contribution in [3.05, 3.63) is 126 Å². The first-order valence-corrected chi connectivity index (χ1v) is 10.8. The van der Waals surface area contributed by atoms with E-state index in [1.807, 2.05) is 18.2 Å². The zero-order valence-electron chi connectivity index (χ0n) is 22.2. The van der Waals surface area contributed by atoms with Crippen LogP contribution in [0.25, 0.3) is 49.7 Å². The monoisotopic (exact) mass is 412 g/mol. The summed E-state index contributed by atoms with van der Waals surface area (Å²) >= 11 is 0. The first-order valence-electron chi connectivity index (χ1n) is 13.3. The van der Waals surface area contributed by atoms with E-state index in [2.05, 4.69) is 71.3 Å². The van der Waals surface area contributed by atoms with Crippen LogP contribution in [0.3, 0.4) is 0 Å². The van der Waals surface area contributed by atoms with Crippen molar-refractivity contribution in [3.8, 4) is 27.9 Å². The van der Waals surface area contributed by atoms with Crippen molar-refractivity contribution in [1.29, 1.82) is 0 Å². The number of rotatable bonds is 2. The summed E-state index contributed by atoms with van der Waals surface area (Å²) in [6.45, 7) is 0. The molecule has 0 spiro atoms. The van der Waals surface area contributed by atoms with E-state index in [0.717, 1.165) is 34.3 Å². The van der Waals surface area contributed by atoms with E-state index >= 15 is 0 Å². The number of hydrogen-bond acceptors (Lipinski definition) is 0. The minimum atomic E-state index is -0.374. The average molecular weight is 413 g/mol. The highest BCUT2D eigenvalue weighted by atomic mass is 15.0. The molecule has 32 heavy (non-hydrogen) atoms. The van der Waals surface area contributed by atoms with Crippen LogP contribution in [-0.4, -0.2) is 4.57 Å². The van der Waals surface area contributed by atoms with Crippen molar-refractivity contribution < 1.29 is 6.85 Å². The third-order valence-corrected chi connectivity index (χ3v) is 6.50. The number of para-hydroxylation sites is 2. The number of hydrogen-bond donors (Lipinski definition) is 0. The predicted molar refractivity (Wildman–Crippen MR) is 134 cm³/mol. The maximum absolute atomic E-state index is 8.42. The van der Waals surface area contributed by atoms with Gasteiger partial charge in [0.25, 0.3) is 0 Å². The second-order valence-electron chi connectivity index (χ2n) is 8.26. The fourth-order valence-corrected chi connectivity index (χ4v) is 5.05. The lowest BCUT2D eigenvalue weighted by atomic mass is 9.98. The van der Waals surface area contributed by atoms with Gasteiger partial charge in [0, 0.05) is 16.5 Å². The van der Waals surface area contributed by atoms with Crippen LogP contribution < -0.4 is 0 Å². The second kappa shape index (κ2) is 6.70. The van der Waals surface area contributed by atoms with Gasteiger partial charge in [0.1, 0.15) is 0 Å². The van der Waals surface area contributed by atoms with E-state index in [4.69, 9.17) is 6.85 Å². The standard InChI is InChI=1S/C31H21N/c1-2-8-21(9-3-1)22-14-15-23-18-24-16-17-25(20-29(24)28(23)19-22)32-30-12-6-4-10-26(30)27-11-5-7-13-31(27)32/h1-17,19-20H,18H2/i1D,2D,3D,8D,9D. The van der Waals surface area contributed by atoms with Crippen molar-refractivity contribution in [1.82, 2.24) is 4.57 Å². The molecule has 0 atom stereocenters. The quantitative estimate of drug-likeness (QED) is 0.271. The van der Waals surface area contributed by atoms with Crippen molar-refractivity contribution in [2.45, 2.75) is 6.42 Å². The minimum Gasteiger partial charge on any atom is -0.309 e. The SMILES string of the molecule is [2H]c1c([2H])c([2H])c(-c2ccc3c(c2)-c2cc(-n4c5ccccc5c5ccccc54)ccc2C3)c([2H])c1[2H]. The molecule has 0 fully saturated rings. The fourth-order valence-electron chi connectivity index (χ4n) is 5.05. The molecule has 5 aromatic carbocycles. The Morgan fingerprint density at radius 2 is 1.22 bits per heavy atom. The van der Waals surface area contributed by atoms with Gasteiger partial charge >= 0.3 is 0 Å². The number of benzene rings is 5. The van der Waals surface area contributed by atoms with Crippen molar-refractivity contribution in [3.63, 3.8) is 0 Å². The third-order valence-electron chi connectivity index (χ3n) is 6.50. The summed E-state index contributed by atoms with van der Waals surface area (Å²) in [4.78, 5) is 0. The van der Waals surface area contributed by atoms with E-state index in [0.29, 0.717) is 5.56 Å². The lowest BCUT2D eigenvalue weighted by molar-refractivity contribution is 1.17. The zero-order valence-corrected chi connectivity index (χ0v) is 17.2. The second-order valence-corrected chi connectivity index (χ2v) is 8.26. The summed E-state index contributed by atoms with van der Waals surface area (Å²) in [5, 5.41) is 2.42. The zero-order chi connectivity index (χ0) is 25.4. The lowest BCUT2D eigenvalue weighted by Crippen LogP contribution is -1.94. The summed E-state index contributed by atoms with van der Waals surface area (Å²) in [6, 6.07) is 27.9. The molecule has 1 aliphatic carbocycles. The Kier molecular flexibility index (Phi) is 2.79. The lowest BCUT2D eigenvalue weighted by Gasteiger charge is -2.11. The predicted octanol–water partition coefficient (Wildman–Crippen LogP) is 8.02. The molecule has 0 radical (unpaired) electrons. The molecule has 150 valence electrons. The van der Waals surface area contributed by atoms with Crippen LogP contribution in [0.15, 0.2) is 115 Å². The Morgan fingerprint density at radius 3 is 1.94 bits per heavy atom. The highest BCUT2D eigenvalue weighted by Gasteiger charge is 2.21. The fraction of sp³-hybridized carbons (Fsp3) is 0.0323. The molecule has 0 unspecified atom stereocenters. The maximum atomic E-state index is 8.42. The van der Waals surface area contributed by atoms with Crippen molar-refractivity contribution in [2.24, 2.45) is 0 Å². The molecule has 1 nitrogen and oxygen atoms in total. The molecular weight excluding hydrogens is 386 g/mol. The summed E-state index contributed by atoms with van der Waals surface area (Å²) in [5.41, 5.74) is 8.78. The third kappa shape index (κ3) is 2.52. The smallest absolute Gasteiger partial charge is 0.0629 e. The summed E-state index contributed by atoms with van der Waals surface area (Å²) in [6.07, 6.45) is 0.804. The molecule has 0 saturated heterocycles. The van der Waals surface area contributed by atoms with Gasteiger partial charge in [-0.3, -0.25) is 0 Å². The van der Waals surface area contributed by atoms with Gasteiger partial charge < -0.3 is 4.57 Å². The Bertz CT molecular complexity index is 1840. The van der Waals surface area contributed by atoms with Crippen LogP contribution in [-0.2, 0) is 6.42 Å². The van der Waals surface area contributed by atoms with Crippen LogP contribution in [0.2, 0.25) is 0 Å². The van der Waals surface area contributed by atoms with Gasteiger partial charge in [0.2, 0.25) is 0 Å². The van der Waals surface area contributed by atoms with Crippen LogP contribution in [0.1, 0.15) is 18.0 Å². The molecule has 0 saturated carbocycles. The van der Waals surface area contributed by atoms with Gasteiger partial charge in [-0.05, 0) is 70.1 Å². The van der Waals surface area contributed by atoms with Crippen LogP contribution >= 0.6 is 0 Å². The highest BCUT2D eigenvalue weighted by Crippen LogP contribution is 2.41. The van der Waals surface area contributed by atoms with Gasteiger partial charge in [-0.25, -0.2) is 0 Å². The molecule has 0 N–H and O–H groups in total. The Morgan fingerprint density at radius 1 is 0.594 bits per heavy atom. The highest BCUT2D eigenvalue weighted by molar-refractivity contribution is 6.09. The largest absolute Gasteiger partial charge is 0.309 e. The first kappa shape index (κ1) is 13.3. The number of fused-ring (bicyclic) bond motifs is 6. The summed E-state index contributed by atoms with van der Waals surface area (Å²) in [5.74, 6) is 0. The summed E-state index contributed by atoms with van der Waals surface area (Å²) < 4.78 is 43.2. The van der Waals surface area contributed by atoms with Crippen LogP contribution in [0.5, 0.6) is 0 Å². The molecule has 6 aromatic rings. The molecule has 1 aromatic heterocycles. The topological polar surface area (TPSA) is 4.93 Å². The molecule has 1 heterocycles. The van der Waals surface area contributed by atoms with E-state index in [1.165, 1.54) is 21.9 Å². The van der Waals surface area contributed by atoms with Gasteiger partial charge in [0.05, 0.1) is 17.9 Å². The number of nitrogens with zero attached hydrogens (tertiary/aromatic N) is 1. The van der Waals surface area contributed by atoms with Crippen molar-refractivity contribution in [2.75, 3.05) is 0 Å². The van der Waals surface area contributed by atoms with Crippen LogP contribution in [0, 0.1) is 0 Å². The molecule has 1 aliphatic rings. The van der Waals surface area contributed by atoms with E-state index in [-0.39, 0.29) is 35.8 Å². The molecule has 0 amide bonds. The Hall–Kier alpha value is -4.10. The molecule has 0 aliphatic heterocycles. The normalized spacial score (nSPS) is 14.4. The summed E-state index contributed by atoms with van der Waals surface area (Å²) in [7, 11) is 0. The van der Waals surface area contributed by atoms with Crippen molar-refractivity contribution >= 4 is 21.8 Å². The molecule has 7 rings (SSSR count). The number of aromatic nitrogens is 1. The average Bonchev–Trinajstić information content (AvgIpc) is 3.46. The van der Waals surface area contributed by atoms with Crippen LogP contribution in [0.4, 0.5) is 0 Å². The van der Waals surface area contributed by atoms with E-state index in [1.54, 1.807) is 0 Å². The van der Waals surface area contributed by atoms with E-state index < -0.39 is 0 Å².